The highest BCUT2D eigenvalue weighted by Crippen LogP contribution is 2.14. The van der Waals surface area contributed by atoms with Crippen LogP contribution in [0.4, 0.5) is 0 Å². The molecule has 0 aromatic heterocycles. The topological polar surface area (TPSA) is 79.3 Å². The molecule has 1 aromatic carbocycles. The molecular formula is C15H22N2O2. The van der Waals surface area contributed by atoms with Gasteiger partial charge in [-0.25, -0.2) is 0 Å². The number of hydrogen-bond donors (Lipinski definition) is 2. The predicted octanol–water partition coefficient (Wildman–Crippen LogP) is 2.01. The van der Waals surface area contributed by atoms with Crippen molar-refractivity contribution in [2.45, 2.75) is 38.1 Å². The van der Waals surface area contributed by atoms with Crippen molar-refractivity contribution in [3.63, 3.8) is 0 Å². The molecule has 0 saturated heterocycles. The van der Waals surface area contributed by atoms with Crippen molar-refractivity contribution < 1.29 is 9.84 Å². The van der Waals surface area contributed by atoms with Crippen LogP contribution in [0.25, 0.3) is 0 Å². The van der Waals surface area contributed by atoms with Gasteiger partial charge >= 0.3 is 0 Å². The van der Waals surface area contributed by atoms with Gasteiger partial charge in [-0.3, -0.25) is 0 Å². The number of hydrogen-bond acceptors (Lipinski definition) is 4. The highest BCUT2D eigenvalue weighted by Gasteiger charge is 2.15. The lowest BCUT2D eigenvalue weighted by Gasteiger charge is -2.14. The van der Waals surface area contributed by atoms with Crippen molar-refractivity contribution in [3.05, 3.63) is 29.8 Å². The van der Waals surface area contributed by atoms with Gasteiger partial charge in [-0.05, 0) is 50.3 Å². The Labute approximate surface area is 114 Å². The van der Waals surface area contributed by atoms with Crippen LogP contribution < -0.4 is 10.5 Å². The third-order valence-electron chi connectivity index (χ3n) is 2.94. The second kappa shape index (κ2) is 7.78. The first-order chi connectivity index (χ1) is 9.07. The Balaban J connectivity index is 2.21. The number of benzene rings is 1. The second-order valence-electron chi connectivity index (χ2n) is 4.95. The van der Waals surface area contributed by atoms with E-state index in [-0.39, 0.29) is 6.61 Å². The lowest BCUT2D eigenvalue weighted by atomic mass is 9.98. The summed E-state index contributed by atoms with van der Waals surface area (Å²) in [5.41, 5.74) is 6.10. The zero-order valence-electron chi connectivity index (χ0n) is 11.4. The first-order valence-electron chi connectivity index (χ1n) is 6.60. The maximum Gasteiger partial charge on any atom is 0.119 e. The molecule has 0 aliphatic rings. The Morgan fingerprint density at radius 3 is 2.58 bits per heavy atom. The third kappa shape index (κ3) is 6.23. The van der Waals surface area contributed by atoms with Crippen LogP contribution in [0.15, 0.2) is 24.3 Å². The molecule has 0 aliphatic carbocycles. The van der Waals surface area contributed by atoms with E-state index in [4.69, 9.17) is 20.8 Å². The average molecular weight is 262 g/mol. The summed E-state index contributed by atoms with van der Waals surface area (Å²) in [5.74, 6) is 0.831. The van der Waals surface area contributed by atoms with E-state index in [1.807, 2.05) is 24.3 Å². The molecule has 0 fully saturated rings. The lowest BCUT2D eigenvalue weighted by Crippen LogP contribution is -2.33. The summed E-state index contributed by atoms with van der Waals surface area (Å²) in [6.45, 7) is 2.53. The summed E-state index contributed by atoms with van der Waals surface area (Å²) in [6.07, 6.45) is 3.11. The molecule has 0 spiro atoms. The Hall–Kier alpha value is -1.57. The summed E-state index contributed by atoms with van der Waals surface area (Å²) in [6, 6.07) is 9.82. The Kier molecular flexibility index (Phi) is 6.34. The monoisotopic (exact) mass is 262 g/mol. The lowest BCUT2D eigenvalue weighted by molar-refractivity contribution is 0.297. The summed E-state index contributed by atoms with van der Waals surface area (Å²) in [4.78, 5) is 0. The number of nitriles is 1. The van der Waals surface area contributed by atoms with Crippen LogP contribution in [0.1, 0.15) is 31.7 Å². The summed E-state index contributed by atoms with van der Waals surface area (Å²) in [7, 11) is 0. The Bertz CT molecular complexity index is 407. The molecule has 0 bridgehead atoms. The highest BCUT2D eigenvalue weighted by atomic mass is 16.5. The molecule has 0 saturated carbocycles. The summed E-state index contributed by atoms with van der Waals surface area (Å²) < 4.78 is 5.60. The number of aliphatic hydroxyl groups excluding tert-OH is 1. The molecule has 1 aromatic rings. The maximum atomic E-state index is 8.81. The van der Waals surface area contributed by atoms with E-state index in [0.717, 1.165) is 24.2 Å². The molecule has 1 rings (SSSR count). The average Bonchev–Trinajstić information content (AvgIpc) is 2.40. The zero-order valence-corrected chi connectivity index (χ0v) is 11.4. The molecule has 4 nitrogen and oxygen atoms in total. The zero-order chi connectivity index (χ0) is 14.1. The van der Waals surface area contributed by atoms with Crippen LogP contribution in [-0.4, -0.2) is 23.9 Å². The number of nitrogens with two attached hydrogens (primary N) is 1. The van der Waals surface area contributed by atoms with E-state index in [1.165, 1.54) is 0 Å². The summed E-state index contributed by atoms with van der Waals surface area (Å²) >= 11 is 0. The van der Waals surface area contributed by atoms with Gasteiger partial charge in [-0.2, -0.15) is 5.26 Å². The van der Waals surface area contributed by atoms with Crippen molar-refractivity contribution in [3.8, 4) is 11.8 Å². The first-order valence-corrected chi connectivity index (χ1v) is 6.60. The van der Waals surface area contributed by atoms with Crippen molar-refractivity contribution in [1.29, 1.82) is 5.26 Å². The molecule has 19 heavy (non-hydrogen) atoms. The van der Waals surface area contributed by atoms with Crippen LogP contribution in [0.2, 0.25) is 0 Å². The number of rotatable bonds is 8. The smallest absolute Gasteiger partial charge is 0.119 e. The fourth-order valence-corrected chi connectivity index (χ4v) is 1.72. The number of aliphatic hydroxyl groups is 1. The Morgan fingerprint density at radius 1 is 1.32 bits per heavy atom. The minimum atomic E-state index is -0.730. The Morgan fingerprint density at radius 2 is 2.00 bits per heavy atom. The van der Waals surface area contributed by atoms with Gasteiger partial charge in [0.1, 0.15) is 11.3 Å². The van der Waals surface area contributed by atoms with E-state index < -0.39 is 5.54 Å². The SMILES string of the molecule is CC(N)(C#N)CCCCOc1ccc(CCO)cc1. The van der Waals surface area contributed by atoms with Gasteiger partial charge in [0.05, 0.1) is 12.7 Å². The maximum absolute atomic E-state index is 8.81. The standard InChI is InChI=1S/C15H22N2O2/c1-15(17,12-16)9-2-3-11-19-14-6-4-13(5-7-14)8-10-18/h4-7,18H,2-3,8-11,17H2,1H3. The molecule has 0 radical (unpaired) electrons. The van der Waals surface area contributed by atoms with Crippen molar-refractivity contribution in [2.24, 2.45) is 5.73 Å². The minimum absolute atomic E-state index is 0.164. The van der Waals surface area contributed by atoms with Crippen LogP contribution >= 0.6 is 0 Å². The highest BCUT2D eigenvalue weighted by molar-refractivity contribution is 5.27. The molecule has 0 aliphatic heterocycles. The number of unbranched alkanes of at least 4 members (excludes halogenated alkanes) is 1. The molecule has 0 amide bonds. The molecule has 1 atom stereocenters. The largest absolute Gasteiger partial charge is 0.494 e. The van der Waals surface area contributed by atoms with Crippen LogP contribution in [0, 0.1) is 11.3 Å². The summed E-state index contributed by atoms with van der Waals surface area (Å²) in [5, 5.41) is 17.6. The fourth-order valence-electron chi connectivity index (χ4n) is 1.72. The predicted molar refractivity (Wildman–Crippen MR) is 74.8 cm³/mol. The van der Waals surface area contributed by atoms with E-state index in [1.54, 1.807) is 6.92 Å². The van der Waals surface area contributed by atoms with Gasteiger partial charge in [0, 0.05) is 6.61 Å². The minimum Gasteiger partial charge on any atom is -0.494 e. The fraction of sp³-hybridized carbons (Fsp3) is 0.533. The van der Waals surface area contributed by atoms with Gasteiger partial charge in [-0.1, -0.05) is 12.1 Å². The molecule has 4 heteroatoms. The van der Waals surface area contributed by atoms with E-state index in [0.29, 0.717) is 19.4 Å². The van der Waals surface area contributed by atoms with Crippen molar-refractivity contribution in [2.75, 3.05) is 13.2 Å². The van der Waals surface area contributed by atoms with Gasteiger partial charge < -0.3 is 15.6 Å². The van der Waals surface area contributed by atoms with Gasteiger partial charge in [0.25, 0.3) is 0 Å². The molecule has 1 unspecified atom stereocenters. The van der Waals surface area contributed by atoms with E-state index in [2.05, 4.69) is 6.07 Å². The molecule has 0 heterocycles. The van der Waals surface area contributed by atoms with E-state index in [9.17, 15) is 0 Å². The quantitative estimate of drug-likeness (QED) is 0.702. The molecule has 3 N–H and O–H groups in total. The second-order valence-corrected chi connectivity index (χ2v) is 4.95. The van der Waals surface area contributed by atoms with E-state index >= 15 is 0 Å². The number of nitrogens with zero attached hydrogens (tertiary/aromatic N) is 1. The van der Waals surface area contributed by atoms with Crippen LogP contribution in [0.3, 0.4) is 0 Å². The van der Waals surface area contributed by atoms with Crippen molar-refractivity contribution >= 4 is 0 Å². The van der Waals surface area contributed by atoms with Gasteiger partial charge in [0.15, 0.2) is 0 Å². The molecular weight excluding hydrogens is 240 g/mol. The van der Waals surface area contributed by atoms with Gasteiger partial charge in [0.2, 0.25) is 0 Å². The van der Waals surface area contributed by atoms with Gasteiger partial charge in [-0.15, -0.1) is 0 Å². The number of ether oxygens (including phenoxy) is 1. The first kappa shape index (κ1) is 15.5. The molecule has 104 valence electrons. The third-order valence-corrected chi connectivity index (χ3v) is 2.94. The van der Waals surface area contributed by atoms with Crippen LogP contribution in [0.5, 0.6) is 5.75 Å². The normalized spacial score (nSPS) is 13.6. The van der Waals surface area contributed by atoms with Crippen molar-refractivity contribution in [1.82, 2.24) is 0 Å². The van der Waals surface area contributed by atoms with Crippen LogP contribution in [-0.2, 0) is 6.42 Å².